The van der Waals surface area contributed by atoms with Gasteiger partial charge in [-0.15, -0.1) is 0 Å². The van der Waals surface area contributed by atoms with Crippen LogP contribution in [-0.2, 0) is 17.9 Å². The smallest absolute Gasteiger partial charge is 0.277 e. The summed E-state index contributed by atoms with van der Waals surface area (Å²) in [6, 6.07) is 7.13. The van der Waals surface area contributed by atoms with Crippen LogP contribution in [0.25, 0.3) is 16.8 Å². The van der Waals surface area contributed by atoms with Gasteiger partial charge in [-0.05, 0) is 31.2 Å². The Labute approximate surface area is 163 Å². The van der Waals surface area contributed by atoms with Gasteiger partial charge in [-0.2, -0.15) is 5.10 Å². The fourth-order valence-electron chi connectivity index (χ4n) is 3.03. The summed E-state index contributed by atoms with van der Waals surface area (Å²) in [5, 5.41) is 20.4. The van der Waals surface area contributed by atoms with E-state index in [1.165, 1.54) is 45.7 Å². The van der Waals surface area contributed by atoms with Crippen LogP contribution < -0.4 is 10.9 Å². The average molecular weight is 397 g/mol. The summed E-state index contributed by atoms with van der Waals surface area (Å²) < 4.78 is 20.6. The summed E-state index contributed by atoms with van der Waals surface area (Å²) in [5.74, 6) is -0.0769. The highest BCUT2D eigenvalue weighted by Crippen LogP contribution is 2.25. The number of amides is 1. The second kappa shape index (κ2) is 7.32. The van der Waals surface area contributed by atoms with E-state index in [2.05, 4.69) is 15.6 Å². The summed E-state index contributed by atoms with van der Waals surface area (Å²) in [6.45, 7) is 0.985. The van der Waals surface area contributed by atoms with Crippen molar-refractivity contribution in [3.05, 3.63) is 70.2 Å². The molecule has 0 saturated carbocycles. The Morgan fingerprint density at radius 3 is 2.69 bits per heavy atom. The molecular formula is C19H16FN5O4. The average Bonchev–Trinajstić information content (AvgIpc) is 3.28. The minimum atomic E-state index is -0.496. The van der Waals surface area contributed by atoms with Crippen LogP contribution in [0, 0.1) is 12.7 Å². The van der Waals surface area contributed by atoms with Gasteiger partial charge in [0.05, 0.1) is 12.3 Å². The van der Waals surface area contributed by atoms with Crippen molar-refractivity contribution in [2.24, 2.45) is 0 Å². The lowest BCUT2D eigenvalue weighted by atomic mass is 10.1. The van der Waals surface area contributed by atoms with Gasteiger partial charge in [0, 0.05) is 29.6 Å². The third-order valence-electron chi connectivity index (χ3n) is 4.34. The number of anilines is 1. The van der Waals surface area contributed by atoms with Crippen LogP contribution in [0.4, 0.5) is 10.2 Å². The van der Waals surface area contributed by atoms with Gasteiger partial charge in [0.2, 0.25) is 5.91 Å². The first kappa shape index (κ1) is 18.6. The molecular weight excluding hydrogens is 381 g/mol. The van der Waals surface area contributed by atoms with Crippen LogP contribution in [-0.4, -0.2) is 30.4 Å². The number of carbonyl (C=O) groups excluding carboxylic acids is 1. The van der Waals surface area contributed by atoms with Gasteiger partial charge in [-0.1, -0.05) is 5.16 Å². The molecule has 0 bridgehead atoms. The van der Waals surface area contributed by atoms with Crippen molar-refractivity contribution in [1.29, 1.82) is 0 Å². The van der Waals surface area contributed by atoms with Crippen molar-refractivity contribution in [3.63, 3.8) is 0 Å². The number of rotatable bonds is 5. The van der Waals surface area contributed by atoms with E-state index in [1.807, 2.05) is 0 Å². The van der Waals surface area contributed by atoms with E-state index in [1.54, 1.807) is 13.0 Å². The van der Waals surface area contributed by atoms with Gasteiger partial charge in [-0.3, -0.25) is 9.59 Å². The van der Waals surface area contributed by atoms with E-state index in [-0.39, 0.29) is 17.9 Å². The van der Waals surface area contributed by atoms with Crippen molar-refractivity contribution >= 4 is 17.2 Å². The van der Waals surface area contributed by atoms with Crippen molar-refractivity contribution in [2.75, 3.05) is 5.32 Å². The Morgan fingerprint density at radius 2 is 2.03 bits per heavy atom. The van der Waals surface area contributed by atoms with Crippen LogP contribution in [0.3, 0.4) is 0 Å². The van der Waals surface area contributed by atoms with E-state index in [9.17, 15) is 19.1 Å². The maximum absolute atomic E-state index is 13.2. The minimum Gasteiger partial charge on any atom is -0.392 e. The number of hydrogen-bond acceptors (Lipinski definition) is 6. The molecule has 2 N–H and O–H groups in total. The minimum absolute atomic E-state index is 0.138. The molecule has 1 aromatic carbocycles. The summed E-state index contributed by atoms with van der Waals surface area (Å²) >= 11 is 0. The van der Waals surface area contributed by atoms with Crippen molar-refractivity contribution in [3.8, 4) is 11.3 Å². The number of nitrogens with zero attached hydrogens (tertiary/aromatic N) is 4. The molecule has 29 heavy (non-hydrogen) atoms. The van der Waals surface area contributed by atoms with Crippen molar-refractivity contribution in [2.45, 2.75) is 20.1 Å². The molecule has 3 heterocycles. The molecule has 0 spiro atoms. The molecule has 0 aliphatic heterocycles. The molecule has 1 amide bonds. The molecule has 4 rings (SSSR count). The fraction of sp³-hybridized carbons (Fsp3) is 0.158. The Hall–Kier alpha value is -3.79. The quantitative estimate of drug-likeness (QED) is 0.530. The second-order valence-corrected chi connectivity index (χ2v) is 6.39. The highest BCUT2D eigenvalue weighted by atomic mass is 19.1. The summed E-state index contributed by atoms with van der Waals surface area (Å²) in [7, 11) is 0. The third kappa shape index (κ3) is 3.52. The molecule has 0 atom stereocenters. The van der Waals surface area contributed by atoms with Crippen LogP contribution >= 0.6 is 0 Å². The van der Waals surface area contributed by atoms with E-state index in [4.69, 9.17) is 4.52 Å². The van der Waals surface area contributed by atoms with Crippen LogP contribution in [0.5, 0.6) is 0 Å². The number of aliphatic hydroxyl groups excluding tert-OH is 1. The third-order valence-corrected chi connectivity index (χ3v) is 4.34. The van der Waals surface area contributed by atoms with E-state index >= 15 is 0 Å². The molecule has 4 aromatic rings. The summed E-state index contributed by atoms with van der Waals surface area (Å²) in [5.41, 5.74) is 0.862. The topological polar surface area (TPSA) is 115 Å². The van der Waals surface area contributed by atoms with Crippen LogP contribution in [0.2, 0.25) is 0 Å². The highest BCUT2D eigenvalue weighted by Gasteiger charge is 2.18. The Bertz CT molecular complexity index is 1260. The molecule has 0 aliphatic carbocycles. The van der Waals surface area contributed by atoms with E-state index < -0.39 is 23.9 Å². The molecule has 0 unspecified atom stereocenters. The largest absolute Gasteiger partial charge is 0.392 e. The highest BCUT2D eigenvalue weighted by molar-refractivity contribution is 5.89. The van der Waals surface area contributed by atoms with Gasteiger partial charge in [0.15, 0.2) is 5.82 Å². The lowest BCUT2D eigenvalue weighted by Crippen LogP contribution is -2.28. The predicted octanol–water partition coefficient (Wildman–Crippen LogP) is 1.73. The molecule has 10 heteroatoms. The Kier molecular flexibility index (Phi) is 4.69. The van der Waals surface area contributed by atoms with E-state index in [0.717, 1.165) is 0 Å². The number of fused-ring (bicyclic) bond motifs is 1. The molecule has 0 radical (unpaired) electrons. The van der Waals surface area contributed by atoms with Crippen LogP contribution in [0.15, 0.2) is 52.0 Å². The summed E-state index contributed by atoms with van der Waals surface area (Å²) in [6.07, 6.45) is 2.93. The second-order valence-electron chi connectivity index (χ2n) is 6.39. The number of aromatic nitrogens is 4. The first-order valence-electron chi connectivity index (χ1n) is 8.67. The maximum atomic E-state index is 13.2. The monoisotopic (exact) mass is 397 g/mol. The molecule has 148 valence electrons. The predicted molar refractivity (Wildman–Crippen MR) is 101 cm³/mol. The van der Waals surface area contributed by atoms with Gasteiger partial charge in [0.25, 0.3) is 5.56 Å². The molecule has 0 fully saturated rings. The first-order valence-corrected chi connectivity index (χ1v) is 8.67. The summed E-state index contributed by atoms with van der Waals surface area (Å²) in [4.78, 5) is 25.1. The molecule has 0 aliphatic rings. The number of halogens is 1. The zero-order valence-electron chi connectivity index (χ0n) is 15.3. The Balaban J connectivity index is 1.70. The molecule has 3 aromatic heterocycles. The molecule has 0 saturated heterocycles. The van der Waals surface area contributed by atoms with Crippen molar-refractivity contribution < 1.29 is 18.8 Å². The standard InChI is InChI=1S/C19H16FN5O4/c1-11-8-15(23-29-11)21-16(27)9-24-6-7-25-18(19(24)28)14(10-26)17(22-25)12-2-4-13(20)5-3-12/h2-8,26H,9-10H2,1H3,(H,21,23,27). The number of carbonyl (C=O) groups is 1. The van der Waals surface area contributed by atoms with Gasteiger partial charge < -0.3 is 19.5 Å². The number of aryl methyl sites for hydroxylation is 1. The van der Waals surface area contributed by atoms with E-state index in [0.29, 0.717) is 22.6 Å². The SMILES string of the molecule is Cc1cc(NC(=O)Cn2ccn3nc(-c4ccc(F)cc4)c(CO)c3c2=O)no1. The zero-order chi connectivity index (χ0) is 20.5. The normalized spacial score (nSPS) is 11.1. The van der Waals surface area contributed by atoms with Crippen LogP contribution in [0.1, 0.15) is 11.3 Å². The zero-order valence-corrected chi connectivity index (χ0v) is 15.3. The van der Waals surface area contributed by atoms with Gasteiger partial charge in [0.1, 0.15) is 23.6 Å². The maximum Gasteiger partial charge on any atom is 0.277 e. The number of benzene rings is 1. The van der Waals surface area contributed by atoms with Gasteiger partial charge >= 0.3 is 0 Å². The lowest BCUT2D eigenvalue weighted by Gasteiger charge is -2.06. The number of aliphatic hydroxyl groups is 1. The first-order chi connectivity index (χ1) is 14.0. The lowest BCUT2D eigenvalue weighted by molar-refractivity contribution is -0.116. The number of nitrogens with one attached hydrogen (secondary N) is 1. The van der Waals surface area contributed by atoms with Crippen molar-refractivity contribution in [1.82, 2.24) is 19.3 Å². The fourth-order valence-corrected chi connectivity index (χ4v) is 3.03. The Morgan fingerprint density at radius 1 is 1.28 bits per heavy atom. The number of hydrogen-bond donors (Lipinski definition) is 2. The van der Waals surface area contributed by atoms with Gasteiger partial charge in [-0.25, -0.2) is 8.91 Å². The molecule has 9 nitrogen and oxygen atoms in total.